The van der Waals surface area contributed by atoms with Gasteiger partial charge in [-0.2, -0.15) is 0 Å². The highest BCUT2D eigenvalue weighted by atomic mass is 16.5. The Morgan fingerprint density at radius 2 is 1.86 bits per heavy atom. The fourth-order valence-corrected chi connectivity index (χ4v) is 3.46. The lowest BCUT2D eigenvalue weighted by Crippen LogP contribution is -1.98. The number of nitrogens with one attached hydrogen (secondary N) is 2. The molecule has 2 heterocycles. The first-order valence-electron chi connectivity index (χ1n) is 7.54. The van der Waals surface area contributed by atoms with Gasteiger partial charge in [0.15, 0.2) is 11.7 Å². The van der Waals surface area contributed by atoms with Gasteiger partial charge in [0.25, 0.3) is 0 Å². The van der Waals surface area contributed by atoms with Crippen LogP contribution in [0.3, 0.4) is 0 Å². The second kappa shape index (κ2) is 5.10. The SMILES string of the molecule is CCc1c(Cc2[nH]c3c(c2C)CCC3=O)[nH]c(OC)c1C. The van der Waals surface area contributed by atoms with E-state index in [0.29, 0.717) is 6.42 Å². The molecule has 0 spiro atoms. The van der Waals surface area contributed by atoms with E-state index in [2.05, 4.69) is 30.7 Å². The van der Waals surface area contributed by atoms with Gasteiger partial charge in [-0.1, -0.05) is 6.92 Å². The van der Waals surface area contributed by atoms with Gasteiger partial charge in [0, 0.05) is 29.8 Å². The standard InChI is InChI=1S/C17H22N2O2/c1-5-11-10(3)17(21-4)19-14(11)8-13-9(2)12-6-7-15(20)16(12)18-13/h18-19H,5-8H2,1-4H3. The summed E-state index contributed by atoms with van der Waals surface area (Å²) in [6.45, 7) is 6.36. The van der Waals surface area contributed by atoms with Crippen LogP contribution in [-0.4, -0.2) is 22.9 Å². The number of ether oxygens (including phenoxy) is 1. The van der Waals surface area contributed by atoms with E-state index >= 15 is 0 Å². The second-order valence-electron chi connectivity index (χ2n) is 5.78. The molecule has 0 amide bonds. The smallest absolute Gasteiger partial charge is 0.193 e. The average Bonchev–Trinajstić information content (AvgIpc) is 3.08. The topological polar surface area (TPSA) is 57.9 Å². The van der Waals surface area contributed by atoms with E-state index < -0.39 is 0 Å². The number of hydrogen-bond acceptors (Lipinski definition) is 2. The summed E-state index contributed by atoms with van der Waals surface area (Å²) in [7, 11) is 1.69. The van der Waals surface area contributed by atoms with Crippen LogP contribution in [0.25, 0.3) is 0 Å². The molecule has 3 rings (SSSR count). The molecule has 0 bridgehead atoms. The van der Waals surface area contributed by atoms with E-state index in [1.54, 1.807) is 7.11 Å². The lowest BCUT2D eigenvalue weighted by atomic mass is 10.0. The first kappa shape index (κ1) is 14.0. The highest BCUT2D eigenvalue weighted by molar-refractivity contribution is 5.99. The summed E-state index contributed by atoms with van der Waals surface area (Å²) in [5.74, 6) is 1.09. The summed E-state index contributed by atoms with van der Waals surface area (Å²) in [6, 6.07) is 0. The third-order valence-corrected chi connectivity index (χ3v) is 4.70. The maximum atomic E-state index is 11.9. The fourth-order valence-electron chi connectivity index (χ4n) is 3.46. The Hall–Kier alpha value is -1.97. The fraction of sp³-hybridized carbons (Fsp3) is 0.471. The molecule has 1 aliphatic rings. The summed E-state index contributed by atoms with van der Waals surface area (Å²) in [6.07, 6.45) is 3.29. The van der Waals surface area contributed by atoms with Gasteiger partial charge in [0.2, 0.25) is 0 Å². The largest absolute Gasteiger partial charge is 0.482 e. The molecular formula is C17H22N2O2. The molecule has 0 saturated heterocycles. The van der Waals surface area contributed by atoms with Gasteiger partial charge in [-0.25, -0.2) is 0 Å². The lowest BCUT2D eigenvalue weighted by Gasteiger charge is -2.04. The Kier molecular flexibility index (Phi) is 3.40. The number of rotatable bonds is 4. The van der Waals surface area contributed by atoms with E-state index in [9.17, 15) is 4.79 Å². The molecule has 0 saturated carbocycles. The zero-order valence-corrected chi connectivity index (χ0v) is 13.1. The Balaban J connectivity index is 1.98. The van der Waals surface area contributed by atoms with Crippen LogP contribution in [0, 0.1) is 13.8 Å². The first-order valence-corrected chi connectivity index (χ1v) is 7.54. The quantitative estimate of drug-likeness (QED) is 0.906. The number of methoxy groups -OCH3 is 1. The van der Waals surface area contributed by atoms with Crippen molar-refractivity contribution in [2.24, 2.45) is 0 Å². The zero-order valence-electron chi connectivity index (χ0n) is 13.1. The minimum Gasteiger partial charge on any atom is -0.482 e. The number of aromatic nitrogens is 2. The maximum Gasteiger partial charge on any atom is 0.193 e. The summed E-state index contributed by atoms with van der Waals surface area (Å²) in [5, 5.41) is 0. The van der Waals surface area contributed by atoms with Crippen molar-refractivity contribution in [1.29, 1.82) is 0 Å². The molecule has 0 radical (unpaired) electrons. The van der Waals surface area contributed by atoms with Gasteiger partial charge in [-0.15, -0.1) is 0 Å². The molecule has 21 heavy (non-hydrogen) atoms. The molecule has 112 valence electrons. The second-order valence-corrected chi connectivity index (χ2v) is 5.78. The van der Waals surface area contributed by atoms with Crippen molar-refractivity contribution in [3.8, 4) is 5.88 Å². The van der Waals surface area contributed by atoms with Crippen LogP contribution >= 0.6 is 0 Å². The van der Waals surface area contributed by atoms with Gasteiger partial charge < -0.3 is 14.7 Å². The van der Waals surface area contributed by atoms with E-state index in [-0.39, 0.29) is 5.78 Å². The molecule has 4 nitrogen and oxygen atoms in total. The van der Waals surface area contributed by atoms with Gasteiger partial charge in [-0.05, 0) is 43.4 Å². The number of hydrogen-bond donors (Lipinski definition) is 2. The van der Waals surface area contributed by atoms with Crippen LogP contribution in [0.15, 0.2) is 0 Å². The maximum absolute atomic E-state index is 11.9. The molecule has 1 aliphatic carbocycles. The third-order valence-electron chi connectivity index (χ3n) is 4.70. The Morgan fingerprint density at radius 3 is 2.48 bits per heavy atom. The van der Waals surface area contributed by atoms with Gasteiger partial charge >= 0.3 is 0 Å². The molecule has 2 aromatic heterocycles. The van der Waals surface area contributed by atoms with Crippen molar-refractivity contribution >= 4 is 5.78 Å². The van der Waals surface area contributed by atoms with Gasteiger partial charge in [0.05, 0.1) is 12.8 Å². The number of H-pyrrole nitrogens is 2. The molecule has 4 heteroatoms. The highest BCUT2D eigenvalue weighted by Crippen LogP contribution is 2.31. The van der Waals surface area contributed by atoms with Crippen LogP contribution in [0.1, 0.15) is 57.5 Å². The van der Waals surface area contributed by atoms with Crippen molar-refractivity contribution in [3.05, 3.63) is 39.3 Å². The lowest BCUT2D eigenvalue weighted by molar-refractivity contribution is 0.0990. The number of ketones is 1. The van der Waals surface area contributed by atoms with Crippen LogP contribution < -0.4 is 4.74 Å². The summed E-state index contributed by atoms with van der Waals surface area (Å²) in [4.78, 5) is 18.6. The molecule has 0 aromatic carbocycles. The van der Waals surface area contributed by atoms with Crippen LogP contribution in [0.2, 0.25) is 0 Å². The Morgan fingerprint density at radius 1 is 1.10 bits per heavy atom. The molecule has 0 unspecified atom stereocenters. The monoisotopic (exact) mass is 286 g/mol. The van der Waals surface area contributed by atoms with Crippen LogP contribution in [-0.2, 0) is 19.3 Å². The van der Waals surface area contributed by atoms with E-state index in [1.807, 2.05) is 0 Å². The highest BCUT2D eigenvalue weighted by Gasteiger charge is 2.26. The van der Waals surface area contributed by atoms with Gasteiger partial charge in [-0.3, -0.25) is 4.79 Å². The summed E-state index contributed by atoms with van der Waals surface area (Å²) in [5.41, 5.74) is 8.10. The molecule has 0 fully saturated rings. The van der Waals surface area contributed by atoms with Gasteiger partial charge in [0.1, 0.15) is 0 Å². The third kappa shape index (κ3) is 2.09. The molecular weight excluding hydrogens is 264 g/mol. The normalized spacial score (nSPS) is 13.8. The summed E-state index contributed by atoms with van der Waals surface area (Å²) < 4.78 is 5.39. The minimum absolute atomic E-state index is 0.246. The number of fused-ring (bicyclic) bond motifs is 1. The van der Waals surface area contributed by atoms with Crippen molar-refractivity contribution in [2.45, 2.75) is 46.5 Å². The molecule has 2 aromatic rings. The molecule has 0 atom stereocenters. The Labute approximate surface area is 124 Å². The molecule has 0 aliphatic heterocycles. The Bertz CT molecular complexity index is 707. The molecule has 2 N–H and O–H groups in total. The summed E-state index contributed by atoms with van der Waals surface area (Å²) >= 11 is 0. The van der Waals surface area contributed by atoms with Crippen molar-refractivity contribution < 1.29 is 9.53 Å². The van der Waals surface area contributed by atoms with Crippen LogP contribution in [0.4, 0.5) is 0 Å². The number of carbonyl (C=O) groups is 1. The van der Waals surface area contributed by atoms with Crippen molar-refractivity contribution in [1.82, 2.24) is 9.97 Å². The zero-order chi connectivity index (χ0) is 15.1. The van der Waals surface area contributed by atoms with Crippen molar-refractivity contribution in [2.75, 3.05) is 7.11 Å². The predicted molar refractivity (Wildman–Crippen MR) is 82.4 cm³/mol. The van der Waals surface area contributed by atoms with Crippen molar-refractivity contribution in [3.63, 3.8) is 0 Å². The predicted octanol–water partition coefficient (Wildman–Crippen LogP) is 3.25. The van der Waals surface area contributed by atoms with Crippen LogP contribution in [0.5, 0.6) is 5.88 Å². The minimum atomic E-state index is 0.246. The average molecular weight is 286 g/mol. The first-order chi connectivity index (χ1) is 10.1. The number of carbonyl (C=O) groups excluding carboxylic acids is 1. The van der Waals surface area contributed by atoms with E-state index in [1.165, 1.54) is 27.9 Å². The van der Waals surface area contributed by atoms with E-state index in [0.717, 1.165) is 36.5 Å². The number of Topliss-reactive ketones (excluding diaryl/α,β-unsaturated/α-hetero) is 1. The number of aromatic amines is 2. The van der Waals surface area contributed by atoms with E-state index in [4.69, 9.17) is 4.74 Å².